The van der Waals surface area contributed by atoms with E-state index < -0.39 is 0 Å². The van der Waals surface area contributed by atoms with Crippen LogP contribution in [0.2, 0.25) is 0 Å². The van der Waals surface area contributed by atoms with E-state index in [9.17, 15) is 0 Å². The number of hydrogen-bond donors (Lipinski definition) is 1. The number of nitrogens with one attached hydrogen (secondary N) is 1. The lowest BCUT2D eigenvalue weighted by Crippen LogP contribution is -2.22. The summed E-state index contributed by atoms with van der Waals surface area (Å²) >= 11 is 3.50. The quantitative estimate of drug-likeness (QED) is 0.903. The van der Waals surface area contributed by atoms with Crippen molar-refractivity contribution in [2.45, 2.75) is 19.4 Å². The second-order valence-electron chi connectivity index (χ2n) is 4.00. The monoisotopic (exact) mass is 293 g/mol. The summed E-state index contributed by atoms with van der Waals surface area (Å²) in [6.07, 6.45) is 4.50. The van der Waals surface area contributed by atoms with Crippen molar-refractivity contribution in [1.29, 1.82) is 0 Å². The van der Waals surface area contributed by atoms with Crippen LogP contribution in [0.1, 0.15) is 24.1 Å². The first-order valence-corrected chi connectivity index (χ1v) is 6.59. The Kier molecular flexibility index (Phi) is 4.40. The number of hydrogen-bond acceptors (Lipinski definition) is 2. The van der Waals surface area contributed by atoms with Crippen molar-refractivity contribution >= 4 is 15.9 Å². The fourth-order valence-corrected chi connectivity index (χ4v) is 2.37. The molecule has 0 saturated carbocycles. The Bertz CT molecular complexity index is 453. The minimum absolute atomic E-state index is 0.313. The van der Waals surface area contributed by atoms with Gasteiger partial charge in [-0.15, -0.1) is 0 Å². The van der Waals surface area contributed by atoms with Gasteiger partial charge in [0.15, 0.2) is 0 Å². The van der Waals surface area contributed by atoms with E-state index in [-0.39, 0.29) is 0 Å². The second kappa shape index (κ2) is 6.03. The molecule has 1 aromatic heterocycles. The van der Waals surface area contributed by atoms with Crippen LogP contribution >= 0.6 is 15.9 Å². The van der Waals surface area contributed by atoms with Gasteiger partial charge in [-0.2, -0.15) is 0 Å². The summed E-state index contributed by atoms with van der Waals surface area (Å²) < 4.78 is 6.28. The molecule has 0 aliphatic rings. The molecular formula is C14H16BrNO. The average Bonchev–Trinajstić information content (AvgIpc) is 2.82. The number of furan rings is 1. The molecule has 0 radical (unpaired) electrons. The molecule has 0 spiro atoms. The average molecular weight is 294 g/mol. The Balaban J connectivity index is 2.13. The summed E-state index contributed by atoms with van der Waals surface area (Å²) in [6, 6.07) is 10.7. The van der Waals surface area contributed by atoms with Gasteiger partial charge < -0.3 is 9.73 Å². The van der Waals surface area contributed by atoms with E-state index in [0.717, 1.165) is 17.4 Å². The van der Waals surface area contributed by atoms with Crippen molar-refractivity contribution < 1.29 is 4.42 Å². The molecule has 0 saturated heterocycles. The van der Waals surface area contributed by atoms with Gasteiger partial charge in [0.2, 0.25) is 0 Å². The maximum Gasteiger partial charge on any atom is 0.0950 e. The first-order chi connectivity index (χ1) is 8.29. The van der Waals surface area contributed by atoms with Gasteiger partial charge in [-0.05, 0) is 36.7 Å². The van der Waals surface area contributed by atoms with Crippen molar-refractivity contribution in [2.75, 3.05) is 6.54 Å². The highest BCUT2D eigenvalue weighted by atomic mass is 79.9. The summed E-state index contributed by atoms with van der Waals surface area (Å²) in [5.74, 6) is 0. The van der Waals surface area contributed by atoms with E-state index in [0.29, 0.717) is 6.04 Å². The molecule has 2 rings (SSSR count). The Morgan fingerprint density at radius 1 is 1.35 bits per heavy atom. The second-order valence-corrected chi connectivity index (χ2v) is 4.92. The minimum atomic E-state index is 0.313. The Hall–Kier alpha value is -1.06. The molecule has 2 nitrogen and oxygen atoms in total. The van der Waals surface area contributed by atoms with Crippen molar-refractivity contribution in [3.63, 3.8) is 0 Å². The van der Waals surface area contributed by atoms with Gasteiger partial charge in [0.25, 0.3) is 0 Å². The van der Waals surface area contributed by atoms with Gasteiger partial charge in [-0.1, -0.05) is 35.0 Å². The van der Waals surface area contributed by atoms with Gasteiger partial charge in [-0.3, -0.25) is 0 Å². The molecule has 3 heteroatoms. The van der Waals surface area contributed by atoms with E-state index in [2.05, 4.69) is 46.4 Å². The number of halogens is 1. The van der Waals surface area contributed by atoms with Crippen LogP contribution in [0, 0.1) is 0 Å². The van der Waals surface area contributed by atoms with Gasteiger partial charge in [0.05, 0.1) is 12.5 Å². The SMILES string of the molecule is CCNC(Cc1cccc(Br)c1)c1ccoc1. The van der Waals surface area contributed by atoms with Crippen molar-refractivity contribution in [1.82, 2.24) is 5.32 Å². The zero-order chi connectivity index (χ0) is 12.1. The lowest BCUT2D eigenvalue weighted by atomic mass is 10.0. The summed E-state index contributed by atoms with van der Waals surface area (Å²) in [5, 5.41) is 3.48. The van der Waals surface area contributed by atoms with Crippen LogP contribution in [-0.4, -0.2) is 6.54 Å². The van der Waals surface area contributed by atoms with Crippen molar-refractivity contribution in [3.05, 3.63) is 58.5 Å². The lowest BCUT2D eigenvalue weighted by molar-refractivity contribution is 0.525. The molecule has 90 valence electrons. The van der Waals surface area contributed by atoms with E-state index in [1.54, 1.807) is 6.26 Å². The zero-order valence-corrected chi connectivity index (χ0v) is 11.4. The zero-order valence-electron chi connectivity index (χ0n) is 9.82. The molecule has 1 aromatic carbocycles. The maximum atomic E-state index is 5.15. The van der Waals surface area contributed by atoms with Crippen LogP contribution in [0.3, 0.4) is 0 Å². The number of benzene rings is 1. The third-order valence-corrected chi connectivity index (χ3v) is 3.22. The summed E-state index contributed by atoms with van der Waals surface area (Å²) in [5.41, 5.74) is 2.51. The highest BCUT2D eigenvalue weighted by molar-refractivity contribution is 9.10. The molecule has 0 aliphatic carbocycles. The minimum Gasteiger partial charge on any atom is -0.472 e. The van der Waals surface area contributed by atoms with Crippen LogP contribution in [0.5, 0.6) is 0 Å². The number of rotatable bonds is 5. The van der Waals surface area contributed by atoms with Crippen molar-refractivity contribution in [3.8, 4) is 0 Å². The largest absolute Gasteiger partial charge is 0.472 e. The number of likely N-dealkylation sites (N-methyl/N-ethyl adjacent to an activating group) is 1. The summed E-state index contributed by atoms with van der Waals surface area (Å²) in [6.45, 7) is 3.07. The third-order valence-electron chi connectivity index (χ3n) is 2.72. The van der Waals surface area contributed by atoms with Crippen molar-refractivity contribution in [2.24, 2.45) is 0 Å². The Morgan fingerprint density at radius 3 is 2.88 bits per heavy atom. The molecule has 1 N–H and O–H groups in total. The molecule has 0 fully saturated rings. The fraction of sp³-hybridized carbons (Fsp3) is 0.286. The molecule has 17 heavy (non-hydrogen) atoms. The highest BCUT2D eigenvalue weighted by Gasteiger charge is 2.12. The van der Waals surface area contributed by atoms with Crippen LogP contribution < -0.4 is 5.32 Å². The van der Waals surface area contributed by atoms with E-state index >= 15 is 0 Å². The van der Waals surface area contributed by atoms with Gasteiger partial charge in [0, 0.05) is 16.1 Å². The first kappa shape index (κ1) is 12.4. The maximum absolute atomic E-state index is 5.15. The normalized spacial score (nSPS) is 12.6. The topological polar surface area (TPSA) is 25.2 Å². The summed E-state index contributed by atoms with van der Waals surface area (Å²) in [4.78, 5) is 0. The Labute approximate surface area is 110 Å². The van der Waals surface area contributed by atoms with Crippen LogP contribution in [0.15, 0.2) is 51.7 Å². The molecule has 1 unspecified atom stereocenters. The Morgan fingerprint density at radius 2 is 2.24 bits per heavy atom. The van der Waals surface area contributed by atoms with E-state index in [4.69, 9.17) is 4.42 Å². The van der Waals surface area contributed by atoms with E-state index in [1.807, 2.05) is 18.4 Å². The molecule has 0 bridgehead atoms. The molecule has 1 atom stereocenters. The summed E-state index contributed by atoms with van der Waals surface area (Å²) in [7, 11) is 0. The predicted octanol–water partition coefficient (Wildman–Crippen LogP) is 3.94. The van der Waals surface area contributed by atoms with Crippen LogP contribution in [-0.2, 0) is 6.42 Å². The molecule has 2 aromatic rings. The molecule has 0 amide bonds. The van der Waals surface area contributed by atoms with Crippen LogP contribution in [0.25, 0.3) is 0 Å². The molecule has 1 heterocycles. The van der Waals surface area contributed by atoms with Gasteiger partial charge in [-0.25, -0.2) is 0 Å². The van der Waals surface area contributed by atoms with E-state index in [1.165, 1.54) is 11.1 Å². The van der Waals surface area contributed by atoms with Crippen LogP contribution in [0.4, 0.5) is 0 Å². The standard InChI is InChI=1S/C14H16BrNO/c1-2-16-14(12-6-7-17-10-12)9-11-4-3-5-13(15)8-11/h3-8,10,14,16H,2,9H2,1H3. The first-order valence-electron chi connectivity index (χ1n) is 5.79. The fourth-order valence-electron chi connectivity index (χ4n) is 1.93. The third kappa shape index (κ3) is 3.45. The van der Waals surface area contributed by atoms with Gasteiger partial charge in [0.1, 0.15) is 0 Å². The lowest BCUT2D eigenvalue weighted by Gasteiger charge is -2.16. The molecular weight excluding hydrogens is 278 g/mol. The molecule has 0 aliphatic heterocycles. The van der Waals surface area contributed by atoms with Gasteiger partial charge >= 0.3 is 0 Å². The smallest absolute Gasteiger partial charge is 0.0950 e. The predicted molar refractivity (Wildman–Crippen MR) is 73.0 cm³/mol. The highest BCUT2D eigenvalue weighted by Crippen LogP contribution is 2.20.